The zero-order valence-corrected chi connectivity index (χ0v) is 22.3. The number of benzene rings is 3. The second-order valence-corrected chi connectivity index (χ2v) is 9.48. The van der Waals surface area contributed by atoms with Crippen LogP contribution in [-0.4, -0.2) is 43.3 Å². The molecule has 202 valence electrons. The lowest BCUT2D eigenvalue weighted by atomic mass is 9.94. The van der Waals surface area contributed by atoms with Gasteiger partial charge in [0.05, 0.1) is 26.3 Å². The first-order valence-corrected chi connectivity index (χ1v) is 12.6. The summed E-state index contributed by atoms with van der Waals surface area (Å²) in [7, 11) is 3.18. The van der Waals surface area contributed by atoms with Gasteiger partial charge < -0.3 is 29.0 Å². The van der Waals surface area contributed by atoms with E-state index in [1.165, 1.54) is 12.1 Å². The number of aryl methyl sites for hydroxylation is 2. The van der Waals surface area contributed by atoms with Gasteiger partial charge in [-0.2, -0.15) is 0 Å². The molecule has 4 aromatic rings. The Morgan fingerprint density at radius 2 is 1.69 bits per heavy atom. The van der Waals surface area contributed by atoms with Crippen molar-refractivity contribution in [3.05, 3.63) is 88.4 Å². The molecule has 0 radical (unpaired) electrons. The maximum absolute atomic E-state index is 14.0. The molecular formula is C30H30FN3O5. The zero-order valence-electron chi connectivity index (χ0n) is 22.3. The van der Waals surface area contributed by atoms with Gasteiger partial charge in [0.1, 0.15) is 35.9 Å². The molecule has 0 fully saturated rings. The van der Waals surface area contributed by atoms with Gasteiger partial charge in [0.25, 0.3) is 5.91 Å². The fourth-order valence-corrected chi connectivity index (χ4v) is 4.74. The average molecular weight is 532 g/mol. The maximum Gasteiger partial charge on any atom is 0.258 e. The third-order valence-electron chi connectivity index (χ3n) is 6.74. The Morgan fingerprint density at radius 3 is 2.36 bits per heavy atom. The number of fused-ring (bicyclic) bond motifs is 1. The van der Waals surface area contributed by atoms with E-state index in [1.54, 1.807) is 37.5 Å². The minimum Gasteiger partial charge on any atom is -0.497 e. The van der Waals surface area contributed by atoms with E-state index in [1.807, 2.05) is 38.1 Å². The van der Waals surface area contributed by atoms with Gasteiger partial charge in [-0.3, -0.25) is 4.79 Å². The van der Waals surface area contributed by atoms with Crippen LogP contribution in [0.1, 0.15) is 32.6 Å². The first-order chi connectivity index (χ1) is 18.9. The van der Waals surface area contributed by atoms with Crippen molar-refractivity contribution >= 4 is 11.7 Å². The molecule has 5 rings (SSSR count). The lowest BCUT2D eigenvalue weighted by Crippen LogP contribution is -2.32. The van der Waals surface area contributed by atoms with Crippen LogP contribution in [0.2, 0.25) is 0 Å². The largest absolute Gasteiger partial charge is 0.497 e. The number of halogens is 1. The van der Waals surface area contributed by atoms with E-state index in [0.29, 0.717) is 54.9 Å². The summed E-state index contributed by atoms with van der Waals surface area (Å²) in [4.78, 5) is 15.7. The minimum atomic E-state index is -0.321. The van der Waals surface area contributed by atoms with Crippen LogP contribution >= 0.6 is 0 Å². The molecule has 9 heteroatoms. The number of carbonyl (C=O) groups is 1. The Morgan fingerprint density at radius 1 is 0.949 bits per heavy atom. The van der Waals surface area contributed by atoms with Crippen molar-refractivity contribution < 1.29 is 27.9 Å². The fourth-order valence-electron chi connectivity index (χ4n) is 4.74. The monoisotopic (exact) mass is 531 g/mol. The summed E-state index contributed by atoms with van der Waals surface area (Å²) in [6, 6.07) is 14.0. The van der Waals surface area contributed by atoms with Crippen molar-refractivity contribution in [1.82, 2.24) is 10.1 Å². The Balaban J connectivity index is 1.55. The van der Waals surface area contributed by atoms with Crippen molar-refractivity contribution in [2.75, 3.05) is 32.7 Å². The quantitative estimate of drug-likeness (QED) is 0.309. The average Bonchev–Trinajstić information content (AvgIpc) is 3.28. The normalized spacial score (nSPS) is 12.9. The first-order valence-electron chi connectivity index (χ1n) is 12.6. The van der Waals surface area contributed by atoms with Crippen molar-refractivity contribution in [3.63, 3.8) is 0 Å². The van der Waals surface area contributed by atoms with Crippen LogP contribution in [0.15, 0.2) is 59.3 Å². The Labute approximate surface area is 226 Å². The summed E-state index contributed by atoms with van der Waals surface area (Å²) >= 11 is 0. The second-order valence-electron chi connectivity index (χ2n) is 9.48. The molecule has 0 spiro atoms. The van der Waals surface area contributed by atoms with Crippen molar-refractivity contribution in [1.29, 1.82) is 0 Å². The molecule has 0 bridgehead atoms. The van der Waals surface area contributed by atoms with Crippen LogP contribution in [0.3, 0.4) is 0 Å². The van der Waals surface area contributed by atoms with E-state index < -0.39 is 0 Å². The number of nitrogens with zero attached hydrogens (tertiary/aromatic N) is 2. The standard InChI is InChI=1S/C30H30FN3O5/c1-18-9-22(31)5-6-25(18)26-12-20(15-32-29-19(2)17-39-33-29)13-27-28(26)38-8-7-34(30(27)35)16-21-10-23(36-3)14-24(11-21)37-4/h5-6,9-14,17H,7-8,15-16H2,1-4H3,(H,32,33). The van der Waals surface area contributed by atoms with E-state index in [9.17, 15) is 9.18 Å². The van der Waals surface area contributed by atoms with Crippen LogP contribution in [0, 0.1) is 19.7 Å². The van der Waals surface area contributed by atoms with Gasteiger partial charge in [0.2, 0.25) is 0 Å². The fraction of sp³-hybridized carbons (Fsp3) is 0.267. The molecule has 0 saturated carbocycles. The molecule has 1 aliphatic heterocycles. The van der Waals surface area contributed by atoms with E-state index in [0.717, 1.165) is 33.4 Å². The predicted octanol–water partition coefficient (Wildman–Crippen LogP) is 5.76. The highest BCUT2D eigenvalue weighted by molar-refractivity contribution is 6.00. The Bertz CT molecular complexity index is 1490. The number of aromatic nitrogens is 1. The predicted molar refractivity (Wildman–Crippen MR) is 145 cm³/mol. The van der Waals surface area contributed by atoms with Gasteiger partial charge in [-0.25, -0.2) is 4.39 Å². The van der Waals surface area contributed by atoms with Crippen LogP contribution < -0.4 is 19.5 Å². The molecule has 1 aliphatic rings. The minimum absolute atomic E-state index is 0.162. The number of methoxy groups -OCH3 is 2. The molecular weight excluding hydrogens is 501 g/mol. The summed E-state index contributed by atoms with van der Waals surface area (Å²) < 4.78 is 36.0. The van der Waals surface area contributed by atoms with Crippen molar-refractivity contribution in [3.8, 4) is 28.4 Å². The van der Waals surface area contributed by atoms with Crippen molar-refractivity contribution in [2.45, 2.75) is 26.9 Å². The summed E-state index contributed by atoms with van der Waals surface area (Å²) in [5.41, 5.74) is 5.31. The van der Waals surface area contributed by atoms with Gasteiger partial charge in [-0.05, 0) is 72.5 Å². The topological polar surface area (TPSA) is 86.1 Å². The van der Waals surface area contributed by atoms with E-state index in [-0.39, 0.29) is 11.7 Å². The molecule has 1 N–H and O–H groups in total. The molecule has 2 heterocycles. The molecule has 1 amide bonds. The molecule has 0 unspecified atom stereocenters. The number of carbonyl (C=O) groups excluding carboxylic acids is 1. The summed E-state index contributed by atoms with van der Waals surface area (Å²) in [5.74, 6) is 1.92. The molecule has 0 atom stereocenters. The number of ether oxygens (including phenoxy) is 3. The number of amides is 1. The highest BCUT2D eigenvalue weighted by Crippen LogP contribution is 2.39. The molecule has 0 aliphatic carbocycles. The van der Waals surface area contributed by atoms with Crippen LogP contribution in [0.5, 0.6) is 17.2 Å². The molecule has 3 aromatic carbocycles. The van der Waals surface area contributed by atoms with Gasteiger partial charge in [0.15, 0.2) is 5.82 Å². The van der Waals surface area contributed by atoms with Gasteiger partial charge in [-0.15, -0.1) is 0 Å². The van der Waals surface area contributed by atoms with E-state index in [2.05, 4.69) is 10.5 Å². The lowest BCUT2D eigenvalue weighted by Gasteiger charge is -2.21. The molecule has 8 nitrogen and oxygen atoms in total. The number of anilines is 1. The summed E-state index contributed by atoms with van der Waals surface area (Å²) in [6.45, 7) is 5.18. The van der Waals surface area contributed by atoms with Crippen molar-refractivity contribution in [2.24, 2.45) is 0 Å². The number of hydrogen-bond donors (Lipinski definition) is 1. The van der Waals surface area contributed by atoms with Crippen LogP contribution in [0.4, 0.5) is 10.2 Å². The van der Waals surface area contributed by atoms with E-state index in [4.69, 9.17) is 18.7 Å². The molecule has 39 heavy (non-hydrogen) atoms. The smallest absolute Gasteiger partial charge is 0.258 e. The third-order valence-corrected chi connectivity index (χ3v) is 6.74. The Hall–Kier alpha value is -4.53. The highest BCUT2D eigenvalue weighted by Gasteiger charge is 2.28. The number of hydrogen-bond acceptors (Lipinski definition) is 7. The van der Waals surface area contributed by atoms with Gasteiger partial charge >= 0.3 is 0 Å². The lowest BCUT2D eigenvalue weighted by molar-refractivity contribution is 0.0742. The highest BCUT2D eigenvalue weighted by atomic mass is 19.1. The SMILES string of the molecule is COc1cc(CN2CCOc3c(cc(CNc4nocc4C)cc3-c3ccc(F)cc3C)C2=O)cc(OC)c1. The third kappa shape index (κ3) is 5.52. The summed E-state index contributed by atoms with van der Waals surface area (Å²) in [5, 5.41) is 7.26. The zero-order chi connectivity index (χ0) is 27.5. The summed E-state index contributed by atoms with van der Waals surface area (Å²) in [6.07, 6.45) is 1.56. The van der Waals surface area contributed by atoms with E-state index >= 15 is 0 Å². The van der Waals surface area contributed by atoms with Crippen LogP contribution in [0.25, 0.3) is 11.1 Å². The number of rotatable bonds is 8. The first kappa shape index (κ1) is 26.1. The Kier molecular flexibility index (Phi) is 7.40. The molecule has 1 aromatic heterocycles. The van der Waals surface area contributed by atoms with Gasteiger partial charge in [0, 0.05) is 30.3 Å². The molecule has 0 saturated heterocycles. The number of nitrogens with one attached hydrogen (secondary N) is 1. The maximum atomic E-state index is 14.0. The second kappa shape index (κ2) is 11.1. The van der Waals surface area contributed by atoms with Crippen LogP contribution in [-0.2, 0) is 13.1 Å². The van der Waals surface area contributed by atoms with Gasteiger partial charge in [-0.1, -0.05) is 11.2 Å².